The number of hydrogen-bond donors (Lipinski definition) is 2. The van der Waals surface area contributed by atoms with Gasteiger partial charge in [0.15, 0.2) is 5.75 Å². The fourth-order valence-corrected chi connectivity index (χ4v) is 6.91. The Morgan fingerprint density at radius 1 is 0.981 bits per heavy atom. The van der Waals surface area contributed by atoms with E-state index in [-0.39, 0.29) is 47.9 Å². The van der Waals surface area contributed by atoms with Gasteiger partial charge in [-0.2, -0.15) is 5.10 Å². The average molecular weight is 705 g/mol. The number of benzene rings is 3. The second-order valence-corrected chi connectivity index (χ2v) is 13.1. The zero-order chi connectivity index (χ0) is 36.6. The van der Waals surface area contributed by atoms with Crippen molar-refractivity contribution >= 4 is 18.5 Å². The fraction of sp³-hybridized carbons (Fsp3) is 0.293. The number of rotatable bonds is 13. The molecular weight excluding hydrogens is 663 g/mol. The van der Waals surface area contributed by atoms with E-state index in [2.05, 4.69) is 34.3 Å². The van der Waals surface area contributed by atoms with E-state index in [0.717, 1.165) is 58.5 Å². The number of unbranched alkanes of at least 4 members (excludes halogenated alkanes) is 1. The molecule has 11 heteroatoms. The van der Waals surface area contributed by atoms with Gasteiger partial charge in [-0.3, -0.25) is 24.7 Å². The second kappa shape index (κ2) is 16.5. The lowest BCUT2D eigenvalue weighted by molar-refractivity contribution is -0.136. The van der Waals surface area contributed by atoms with Crippen molar-refractivity contribution in [1.29, 1.82) is 0 Å². The van der Waals surface area contributed by atoms with E-state index < -0.39 is 17.5 Å². The molecular formula is C41H41FN4O6. The standard InChI is InChI=1S/C41H41FN4O6/c1-26(52-34-24-39(49)46(44-25-34)37-20-21-38(48)45-41(37)50)6-14-31(43-2)5-3-4-22-51-33-16-9-28(10-17-33)40-35(27-7-12-30(42)13-8-27)18-11-29-23-32(47)15-19-36(29)40/h6-10,12-17,19,23-25,35,37,40,47H,2-5,11,18,20-22H2,1H3,(H,45,48,50)/b26-6+,31-14-/t35-,37?,40?/m1/s1. The van der Waals surface area contributed by atoms with Crippen LogP contribution in [0.5, 0.6) is 17.2 Å². The number of ether oxygens (including phenoxy) is 2. The Bertz CT molecular complexity index is 2060. The normalized spacial score (nSPS) is 19.1. The Balaban J connectivity index is 1.00. The molecule has 0 spiro atoms. The number of hydrogen-bond acceptors (Lipinski definition) is 8. The summed E-state index contributed by atoms with van der Waals surface area (Å²) in [6.07, 6.45) is 9.30. The van der Waals surface area contributed by atoms with Crippen molar-refractivity contribution < 1.29 is 28.6 Å². The lowest BCUT2D eigenvalue weighted by atomic mass is 9.69. The van der Waals surface area contributed by atoms with Crippen molar-refractivity contribution in [2.45, 2.75) is 69.7 Å². The summed E-state index contributed by atoms with van der Waals surface area (Å²) < 4.78 is 26.6. The van der Waals surface area contributed by atoms with E-state index in [0.29, 0.717) is 18.8 Å². The molecule has 1 aromatic heterocycles. The summed E-state index contributed by atoms with van der Waals surface area (Å²) in [6.45, 7) is 5.95. The van der Waals surface area contributed by atoms with Crippen LogP contribution in [0.25, 0.3) is 0 Å². The minimum atomic E-state index is -0.836. The number of carbonyl (C=O) groups excluding carboxylic acids is 2. The maximum Gasteiger partial charge on any atom is 0.271 e. The van der Waals surface area contributed by atoms with Crippen molar-refractivity contribution in [3.63, 3.8) is 0 Å². The number of piperidine rings is 1. The molecule has 2 N–H and O–H groups in total. The average Bonchev–Trinajstić information content (AvgIpc) is 3.13. The van der Waals surface area contributed by atoms with Crippen LogP contribution in [0.15, 0.2) is 112 Å². The molecule has 52 heavy (non-hydrogen) atoms. The maximum atomic E-state index is 13.7. The van der Waals surface area contributed by atoms with Crippen LogP contribution in [0.4, 0.5) is 4.39 Å². The summed E-state index contributed by atoms with van der Waals surface area (Å²) in [7, 11) is 0. The molecule has 2 amide bonds. The topological polar surface area (TPSA) is 132 Å². The van der Waals surface area contributed by atoms with Gasteiger partial charge >= 0.3 is 0 Å². The Morgan fingerprint density at radius 3 is 2.48 bits per heavy atom. The third kappa shape index (κ3) is 8.71. The number of phenols is 1. The lowest BCUT2D eigenvalue weighted by Gasteiger charge is -2.35. The Labute approximate surface area is 301 Å². The third-order valence-electron chi connectivity index (χ3n) is 9.52. The van der Waals surface area contributed by atoms with E-state index in [1.807, 2.05) is 42.5 Å². The van der Waals surface area contributed by atoms with E-state index in [1.165, 1.54) is 30.0 Å². The van der Waals surface area contributed by atoms with Crippen LogP contribution < -0.4 is 20.3 Å². The van der Waals surface area contributed by atoms with Crippen LogP contribution in [0.2, 0.25) is 0 Å². The Hall–Kier alpha value is -5.84. The number of imide groups is 1. The minimum absolute atomic E-state index is 0.0638. The van der Waals surface area contributed by atoms with Gasteiger partial charge < -0.3 is 14.6 Å². The largest absolute Gasteiger partial charge is 0.508 e. The number of halogens is 1. The highest BCUT2D eigenvalue weighted by Crippen LogP contribution is 2.47. The van der Waals surface area contributed by atoms with Gasteiger partial charge in [0.2, 0.25) is 5.91 Å². The Kier molecular flexibility index (Phi) is 11.4. The number of nitrogens with one attached hydrogen (secondary N) is 1. The number of carbonyl (C=O) groups is 2. The molecule has 0 saturated carbocycles. The number of aryl methyl sites for hydroxylation is 1. The van der Waals surface area contributed by atoms with Gasteiger partial charge in [-0.15, -0.1) is 0 Å². The molecule has 2 unspecified atom stereocenters. The molecule has 4 aromatic rings. The Morgan fingerprint density at radius 2 is 1.75 bits per heavy atom. The summed E-state index contributed by atoms with van der Waals surface area (Å²) in [6, 6.07) is 21.0. The van der Waals surface area contributed by atoms with E-state index in [1.54, 1.807) is 19.1 Å². The van der Waals surface area contributed by atoms with Gasteiger partial charge in [-0.1, -0.05) is 30.3 Å². The van der Waals surface area contributed by atoms with Crippen molar-refractivity contribution in [2.75, 3.05) is 6.61 Å². The van der Waals surface area contributed by atoms with Crippen LogP contribution in [-0.4, -0.2) is 40.0 Å². The summed E-state index contributed by atoms with van der Waals surface area (Å²) in [5.74, 6) is 0.850. The molecule has 1 aliphatic carbocycles. The highest BCUT2D eigenvalue weighted by Gasteiger charge is 2.32. The first kappa shape index (κ1) is 36.0. The summed E-state index contributed by atoms with van der Waals surface area (Å²) >= 11 is 0. The molecule has 2 aliphatic rings. The van der Waals surface area contributed by atoms with Crippen molar-refractivity contribution in [3.8, 4) is 17.2 Å². The molecule has 3 atom stereocenters. The lowest BCUT2D eigenvalue weighted by Crippen LogP contribution is -2.45. The van der Waals surface area contributed by atoms with Crippen LogP contribution >= 0.6 is 0 Å². The van der Waals surface area contributed by atoms with Crippen LogP contribution in [0.1, 0.15) is 85.6 Å². The van der Waals surface area contributed by atoms with E-state index in [9.17, 15) is 23.9 Å². The quantitative estimate of drug-likeness (QED) is 0.0502. The first-order chi connectivity index (χ1) is 25.2. The zero-order valence-corrected chi connectivity index (χ0v) is 29.0. The molecule has 0 bridgehead atoms. The molecule has 1 saturated heterocycles. The molecule has 1 aliphatic heterocycles. The number of aromatic nitrogens is 2. The summed E-state index contributed by atoms with van der Waals surface area (Å²) in [5, 5.41) is 16.4. The van der Waals surface area contributed by atoms with Crippen molar-refractivity contribution in [3.05, 3.63) is 141 Å². The van der Waals surface area contributed by atoms with Crippen molar-refractivity contribution in [2.24, 2.45) is 4.99 Å². The van der Waals surface area contributed by atoms with Crippen LogP contribution in [0, 0.1) is 5.82 Å². The number of nitrogens with zero attached hydrogens (tertiary/aromatic N) is 3. The SMILES string of the molecule is C=N/C(=C\C=C(/C)Oc1cnn(C2CCC(=O)NC2=O)c(=O)c1)CCCCOc1ccc(C2c3ccc(O)cc3CC[C@@H]2c2ccc(F)cc2)cc1. The van der Waals surface area contributed by atoms with Gasteiger partial charge in [0.1, 0.15) is 29.1 Å². The van der Waals surface area contributed by atoms with Gasteiger partial charge in [-0.25, -0.2) is 9.07 Å². The van der Waals surface area contributed by atoms with Gasteiger partial charge in [0.25, 0.3) is 11.5 Å². The van der Waals surface area contributed by atoms with Gasteiger partial charge in [-0.05, 0) is 129 Å². The molecule has 3 aromatic carbocycles. The molecule has 10 nitrogen and oxygen atoms in total. The van der Waals surface area contributed by atoms with Gasteiger partial charge in [0, 0.05) is 24.1 Å². The first-order valence-corrected chi connectivity index (χ1v) is 17.4. The van der Waals surface area contributed by atoms with Crippen LogP contribution in [0.3, 0.4) is 0 Å². The minimum Gasteiger partial charge on any atom is -0.508 e. The second-order valence-electron chi connectivity index (χ2n) is 13.1. The molecule has 6 rings (SSSR count). The molecule has 2 heterocycles. The van der Waals surface area contributed by atoms with E-state index >= 15 is 0 Å². The predicted octanol–water partition coefficient (Wildman–Crippen LogP) is 7.04. The number of allylic oxidation sites excluding steroid dienone is 4. The molecule has 0 radical (unpaired) electrons. The number of aliphatic imine (C=N–C) groups is 1. The van der Waals surface area contributed by atoms with Crippen LogP contribution in [-0.2, 0) is 16.0 Å². The van der Waals surface area contributed by atoms with E-state index in [4.69, 9.17) is 9.47 Å². The monoisotopic (exact) mass is 704 g/mol. The smallest absolute Gasteiger partial charge is 0.271 e. The highest BCUT2D eigenvalue weighted by molar-refractivity contribution is 5.99. The van der Waals surface area contributed by atoms with Gasteiger partial charge in [0.05, 0.1) is 12.8 Å². The summed E-state index contributed by atoms with van der Waals surface area (Å²) in [4.78, 5) is 40.3. The fourth-order valence-electron chi connectivity index (χ4n) is 6.91. The number of fused-ring (bicyclic) bond motifs is 1. The number of aromatic hydroxyl groups is 1. The predicted molar refractivity (Wildman–Crippen MR) is 195 cm³/mol. The van der Waals surface area contributed by atoms with Crippen molar-refractivity contribution in [1.82, 2.24) is 15.1 Å². The molecule has 1 fully saturated rings. The molecule has 268 valence electrons. The highest BCUT2D eigenvalue weighted by atomic mass is 19.1. The third-order valence-corrected chi connectivity index (χ3v) is 9.52. The first-order valence-electron chi connectivity index (χ1n) is 17.4. The number of phenolic OH excluding ortho intramolecular Hbond substituents is 1. The summed E-state index contributed by atoms with van der Waals surface area (Å²) in [5.41, 5.74) is 4.82. The number of amides is 2. The zero-order valence-electron chi connectivity index (χ0n) is 29.0. The maximum absolute atomic E-state index is 13.7.